The number of hydrogen-bond donors (Lipinski definition) is 2. The molecule has 4 saturated carbocycles. The Morgan fingerprint density at radius 1 is 1.06 bits per heavy atom. The van der Waals surface area contributed by atoms with Gasteiger partial charge in [0.25, 0.3) is 0 Å². The van der Waals surface area contributed by atoms with Gasteiger partial charge in [0.05, 0.1) is 6.10 Å². The summed E-state index contributed by atoms with van der Waals surface area (Å²) < 4.78 is 6.02. The lowest BCUT2D eigenvalue weighted by Crippen LogP contribution is -2.59. The molecule has 4 rings (SSSR count). The van der Waals surface area contributed by atoms with E-state index in [0.29, 0.717) is 36.0 Å². The third-order valence-electron chi connectivity index (χ3n) is 10.6. The molecule has 2 N–H and O–H groups in total. The Morgan fingerprint density at radius 3 is 2.38 bits per heavy atom. The molecular formula is C26H41ClO5. The predicted molar refractivity (Wildman–Crippen MR) is 123 cm³/mol. The third-order valence-corrected chi connectivity index (χ3v) is 10.9. The van der Waals surface area contributed by atoms with Crippen LogP contribution in [-0.4, -0.2) is 39.7 Å². The number of ether oxygens (including phenoxy) is 1. The molecular weight excluding hydrogens is 428 g/mol. The molecule has 0 saturated heterocycles. The monoisotopic (exact) mass is 468 g/mol. The van der Waals surface area contributed by atoms with Gasteiger partial charge in [0.1, 0.15) is 11.5 Å². The molecule has 0 heterocycles. The molecule has 11 atom stereocenters. The van der Waals surface area contributed by atoms with E-state index in [1.165, 1.54) is 6.92 Å². The van der Waals surface area contributed by atoms with Crippen molar-refractivity contribution < 1.29 is 24.5 Å². The van der Waals surface area contributed by atoms with Gasteiger partial charge in [-0.1, -0.05) is 20.8 Å². The van der Waals surface area contributed by atoms with Gasteiger partial charge in [-0.15, -0.1) is 11.6 Å². The fraction of sp³-hybridized carbons (Fsp3) is 0.923. The molecule has 0 radical (unpaired) electrons. The third kappa shape index (κ3) is 4.00. The highest BCUT2D eigenvalue weighted by Crippen LogP contribution is 2.68. The van der Waals surface area contributed by atoms with Gasteiger partial charge < -0.3 is 14.9 Å². The fourth-order valence-corrected chi connectivity index (χ4v) is 9.36. The predicted octanol–water partition coefficient (Wildman–Crippen LogP) is 5.27. The van der Waals surface area contributed by atoms with Crippen LogP contribution in [0, 0.1) is 46.3 Å². The quantitative estimate of drug-likeness (QED) is 0.424. The van der Waals surface area contributed by atoms with E-state index in [-0.39, 0.29) is 34.9 Å². The zero-order valence-electron chi connectivity index (χ0n) is 20.1. The molecule has 5 nitrogen and oxygen atoms in total. The molecule has 6 unspecified atom stereocenters. The SMILES string of the molecule is CC(=O)O[C@H]1CC2C[C@H](O)CC[C@]2(C)C2CC[C@@]3(C)C(CCC3[C@H](C)CC(Cl)C(=O)O)C21. The van der Waals surface area contributed by atoms with Crippen molar-refractivity contribution in [3.05, 3.63) is 0 Å². The standard InChI is InChI=1S/C26H41ClO5/c1-14(11-21(27)24(30)31)18-5-6-19-23-20(8-10-26(18,19)4)25(3)9-7-17(29)12-16(25)13-22(23)32-15(2)28/h14,16-23,29H,5-13H2,1-4H3,(H,30,31)/t14-,16?,17-,18?,19?,20?,21?,22+,23?,25+,26-/m1/s1. The lowest BCUT2D eigenvalue weighted by atomic mass is 9.43. The van der Waals surface area contributed by atoms with Crippen LogP contribution in [0.5, 0.6) is 0 Å². The first-order chi connectivity index (χ1) is 15.0. The second-order valence-electron chi connectivity index (χ2n) is 12.1. The highest BCUT2D eigenvalue weighted by molar-refractivity contribution is 6.29. The van der Waals surface area contributed by atoms with Crippen LogP contribution in [0.25, 0.3) is 0 Å². The van der Waals surface area contributed by atoms with E-state index in [0.717, 1.165) is 51.4 Å². The van der Waals surface area contributed by atoms with Crippen LogP contribution in [0.3, 0.4) is 0 Å². The lowest BCUT2D eigenvalue weighted by molar-refractivity contribution is -0.194. The van der Waals surface area contributed by atoms with Crippen LogP contribution in [0.1, 0.15) is 85.5 Å². The Bertz CT molecular complexity index is 742. The van der Waals surface area contributed by atoms with Crippen molar-refractivity contribution in [1.29, 1.82) is 0 Å². The number of fused-ring (bicyclic) bond motifs is 5. The van der Waals surface area contributed by atoms with Gasteiger partial charge in [0, 0.05) is 12.8 Å². The number of aliphatic hydroxyl groups excluding tert-OH is 1. The lowest BCUT2D eigenvalue weighted by Gasteiger charge is -2.62. The number of carbonyl (C=O) groups is 2. The minimum absolute atomic E-state index is 0.0700. The molecule has 6 heteroatoms. The highest BCUT2D eigenvalue weighted by Gasteiger charge is 2.63. The largest absolute Gasteiger partial charge is 0.480 e. The van der Waals surface area contributed by atoms with E-state index in [2.05, 4.69) is 20.8 Å². The van der Waals surface area contributed by atoms with Crippen LogP contribution in [0.15, 0.2) is 0 Å². The average Bonchev–Trinajstić information content (AvgIpc) is 3.06. The Labute approximate surface area is 197 Å². The zero-order valence-corrected chi connectivity index (χ0v) is 20.8. The summed E-state index contributed by atoms with van der Waals surface area (Å²) >= 11 is 6.13. The molecule has 4 aliphatic rings. The van der Waals surface area contributed by atoms with E-state index in [9.17, 15) is 19.8 Å². The maximum absolute atomic E-state index is 12.1. The second-order valence-corrected chi connectivity index (χ2v) is 12.6. The average molecular weight is 469 g/mol. The van der Waals surface area contributed by atoms with Crippen molar-refractivity contribution in [2.24, 2.45) is 46.3 Å². The summed E-state index contributed by atoms with van der Waals surface area (Å²) in [5, 5.41) is 18.8. The van der Waals surface area contributed by atoms with Gasteiger partial charge in [-0.2, -0.15) is 0 Å². The van der Waals surface area contributed by atoms with E-state index in [4.69, 9.17) is 16.3 Å². The highest BCUT2D eigenvalue weighted by atomic mass is 35.5. The first-order valence-electron chi connectivity index (χ1n) is 12.7. The van der Waals surface area contributed by atoms with Crippen molar-refractivity contribution in [3.8, 4) is 0 Å². The van der Waals surface area contributed by atoms with Gasteiger partial charge in [0.15, 0.2) is 0 Å². The summed E-state index contributed by atoms with van der Waals surface area (Å²) in [5.41, 5.74) is 0.335. The summed E-state index contributed by atoms with van der Waals surface area (Å²) in [6, 6.07) is 0. The van der Waals surface area contributed by atoms with Crippen LogP contribution in [0.2, 0.25) is 0 Å². The molecule has 0 aliphatic heterocycles. The number of carbonyl (C=O) groups excluding carboxylic acids is 1. The summed E-state index contributed by atoms with van der Waals surface area (Å²) in [6.07, 6.45) is 8.32. The Morgan fingerprint density at radius 2 is 1.72 bits per heavy atom. The molecule has 4 fully saturated rings. The summed E-state index contributed by atoms with van der Waals surface area (Å²) in [5.74, 6) is 1.35. The van der Waals surface area contributed by atoms with E-state index in [1.807, 2.05) is 0 Å². The second kappa shape index (κ2) is 8.76. The van der Waals surface area contributed by atoms with E-state index in [1.54, 1.807) is 0 Å². The van der Waals surface area contributed by atoms with Crippen molar-refractivity contribution in [1.82, 2.24) is 0 Å². The number of rotatable bonds is 5. The maximum atomic E-state index is 12.1. The van der Waals surface area contributed by atoms with Gasteiger partial charge in [-0.05, 0) is 98.2 Å². The molecule has 0 aromatic rings. The molecule has 182 valence electrons. The molecule has 32 heavy (non-hydrogen) atoms. The van der Waals surface area contributed by atoms with Gasteiger partial charge in [-0.25, -0.2) is 0 Å². The molecule has 4 aliphatic carbocycles. The van der Waals surface area contributed by atoms with Crippen molar-refractivity contribution in [2.75, 3.05) is 0 Å². The topological polar surface area (TPSA) is 83.8 Å². The van der Waals surface area contributed by atoms with Gasteiger partial charge in [-0.3, -0.25) is 9.59 Å². The summed E-state index contributed by atoms with van der Waals surface area (Å²) in [4.78, 5) is 23.4. The van der Waals surface area contributed by atoms with Crippen LogP contribution in [-0.2, 0) is 14.3 Å². The van der Waals surface area contributed by atoms with Crippen LogP contribution in [0.4, 0.5) is 0 Å². The zero-order chi connectivity index (χ0) is 23.4. The Balaban J connectivity index is 1.62. The molecule has 0 aromatic carbocycles. The van der Waals surface area contributed by atoms with E-state index < -0.39 is 11.3 Å². The number of esters is 1. The fourth-order valence-electron chi connectivity index (χ4n) is 9.08. The maximum Gasteiger partial charge on any atom is 0.321 e. The molecule has 0 bridgehead atoms. The Hall–Kier alpha value is -0.810. The Kier molecular flexibility index (Phi) is 6.66. The normalized spacial score (nSPS) is 47.5. The van der Waals surface area contributed by atoms with E-state index >= 15 is 0 Å². The number of halogens is 1. The number of aliphatic hydroxyl groups is 1. The molecule has 0 aromatic heterocycles. The first kappa shape index (κ1) is 24.3. The minimum atomic E-state index is -0.928. The van der Waals surface area contributed by atoms with Gasteiger partial charge in [0.2, 0.25) is 0 Å². The van der Waals surface area contributed by atoms with Crippen molar-refractivity contribution in [2.45, 2.75) is 103 Å². The number of alkyl halides is 1. The molecule has 0 spiro atoms. The number of carboxylic acids is 1. The summed E-state index contributed by atoms with van der Waals surface area (Å²) in [6.45, 7) is 8.55. The summed E-state index contributed by atoms with van der Waals surface area (Å²) in [7, 11) is 0. The number of aliphatic carboxylic acids is 1. The number of carboxylic acid groups (broad SMARTS) is 1. The first-order valence-corrected chi connectivity index (χ1v) is 13.1. The molecule has 0 amide bonds. The van der Waals surface area contributed by atoms with Crippen molar-refractivity contribution >= 4 is 23.5 Å². The number of hydrogen-bond acceptors (Lipinski definition) is 4. The smallest absolute Gasteiger partial charge is 0.321 e. The van der Waals surface area contributed by atoms with Crippen LogP contribution >= 0.6 is 11.6 Å². The minimum Gasteiger partial charge on any atom is -0.480 e. The van der Waals surface area contributed by atoms with Crippen molar-refractivity contribution in [3.63, 3.8) is 0 Å². The van der Waals surface area contributed by atoms with Crippen LogP contribution < -0.4 is 0 Å². The van der Waals surface area contributed by atoms with Gasteiger partial charge >= 0.3 is 11.9 Å².